The van der Waals surface area contributed by atoms with Gasteiger partial charge in [0.05, 0.1) is 13.2 Å². The van der Waals surface area contributed by atoms with Gasteiger partial charge < -0.3 is 30.6 Å². The van der Waals surface area contributed by atoms with E-state index in [1.807, 2.05) is 0 Å². The van der Waals surface area contributed by atoms with Crippen LogP contribution < -0.4 is 0 Å². The van der Waals surface area contributed by atoms with Crippen LogP contribution in [0.3, 0.4) is 0 Å². The maximum atomic E-state index is 8.77. The molecule has 0 unspecified atom stereocenters. The molecule has 23 heavy (non-hydrogen) atoms. The van der Waals surface area contributed by atoms with Crippen LogP contribution in [0.15, 0.2) is 0 Å². The summed E-state index contributed by atoms with van der Waals surface area (Å²) in [5.74, 6) is 0. The van der Waals surface area contributed by atoms with Crippen LogP contribution in [0.1, 0.15) is 71.1 Å². The highest BCUT2D eigenvalue weighted by Gasteiger charge is 2.22. The smallest absolute Gasteiger partial charge is 0.110 e. The van der Waals surface area contributed by atoms with Gasteiger partial charge >= 0.3 is 0 Å². The summed E-state index contributed by atoms with van der Waals surface area (Å²) in [4.78, 5) is 0. The van der Waals surface area contributed by atoms with E-state index in [0.29, 0.717) is 6.61 Å². The molecule has 0 aliphatic rings. The first-order valence-corrected chi connectivity index (χ1v) is 8.91. The molecule has 0 radical (unpaired) electrons. The van der Waals surface area contributed by atoms with E-state index in [9.17, 15) is 0 Å². The zero-order chi connectivity index (χ0) is 17.9. The van der Waals surface area contributed by atoms with Crippen LogP contribution in [-0.2, 0) is 0 Å². The van der Waals surface area contributed by atoms with Crippen LogP contribution in [-0.4, -0.2) is 68.8 Å². The highest BCUT2D eigenvalue weighted by atomic mass is 16.4. The second-order valence-corrected chi connectivity index (χ2v) is 5.90. The SMILES string of the molecule is CCCCCCCCCCCCO.OC[C@@H](O)[C@H](O)[C@@H](O)CO. The van der Waals surface area contributed by atoms with Gasteiger partial charge in [0.2, 0.25) is 0 Å². The Kier molecular flexibility index (Phi) is 21.5. The molecule has 0 rings (SSSR count). The lowest BCUT2D eigenvalue weighted by molar-refractivity contribution is -0.0900. The van der Waals surface area contributed by atoms with Gasteiger partial charge in [-0.3, -0.25) is 0 Å². The molecule has 0 spiro atoms. The van der Waals surface area contributed by atoms with Gasteiger partial charge in [0.1, 0.15) is 18.3 Å². The van der Waals surface area contributed by atoms with Gasteiger partial charge in [-0.2, -0.15) is 0 Å². The minimum atomic E-state index is -1.49. The lowest BCUT2D eigenvalue weighted by Crippen LogP contribution is -2.41. The third-order valence-corrected chi connectivity index (χ3v) is 3.67. The van der Waals surface area contributed by atoms with E-state index in [1.54, 1.807) is 0 Å². The predicted octanol–water partition coefficient (Wildman–Crippen LogP) is 0.953. The van der Waals surface area contributed by atoms with Gasteiger partial charge in [-0.25, -0.2) is 0 Å². The Balaban J connectivity index is 0. The second kappa shape index (κ2) is 19.8. The van der Waals surface area contributed by atoms with E-state index in [2.05, 4.69) is 6.92 Å². The fourth-order valence-electron chi connectivity index (χ4n) is 2.07. The van der Waals surface area contributed by atoms with E-state index < -0.39 is 31.5 Å². The van der Waals surface area contributed by atoms with Crippen molar-refractivity contribution < 1.29 is 30.6 Å². The zero-order valence-corrected chi connectivity index (χ0v) is 14.6. The molecule has 0 aromatic carbocycles. The van der Waals surface area contributed by atoms with Crippen LogP contribution in [0.2, 0.25) is 0 Å². The van der Waals surface area contributed by atoms with Crippen molar-refractivity contribution in [2.45, 2.75) is 89.4 Å². The average molecular weight is 338 g/mol. The number of aliphatic hydroxyl groups excluding tert-OH is 6. The molecule has 0 bridgehead atoms. The summed E-state index contributed by atoms with van der Waals surface area (Å²) < 4.78 is 0. The normalized spacial score (nSPS) is 14.7. The molecular weight excluding hydrogens is 300 g/mol. The summed E-state index contributed by atoms with van der Waals surface area (Å²) in [6.45, 7) is 1.35. The summed E-state index contributed by atoms with van der Waals surface area (Å²) in [6, 6.07) is 0. The van der Waals surface area contributed by atoms with Crippen molar-refractivity contribution >= 4 is 0 Å². The van der Waals surface area contributed by atoms with Crippen LogP contribution in [0.5, 0.6) is 0 Å². The van der Waals surface area contributed by atoms with Crippen molar-refractivity contribution in [3.63, 3.8) is 0 Å². The van der Waals surface area contributed by atoms with Crippen LogP contribution in [0.25, 0.3) is 0 Å². The van der Waals surface area contributed by atoms with Crippen molar-refractivity contribution in [1.29, 1.82) is 0 Å². The monoisotopic (exact) mass is 338 g/mol. The Morgan fingerprint density at radius 2 is 0.913 bits per heavy atom. The molecular formula is C17H38O6. The van der Waals surface area contributed by atoms with Crippen LogP contribution in [0, 0.1) is 0 Å². The minimum Gasteiger partial charge on any atom is -0.396 e. The number of unbranched alkanes of at least 4 members (excludes halogenated alkanes) is 9. The quantitative estimate of drug-likeness (QED) is 0.262. The number of hydrogen-bond acceptors (Lipinski definition) is 6. The Morgan fingerprint density at radius 1 is 0.565 bits per heavy atom. The highest BCUT2D eigenvalue weighted by Crippen LogP contribution is 2.10. The molecule has 0 aromatic heterocycles. The fraction of sp³-hybridized carbons (Fsp3) is 1.00. The van der Waals surface area contributed by atoms with Gasteiger partial charge in [0.15, 0.2) is 0 Å². The summed E-state index contributed by atoms with van der Waals surface area (Å²) in [7, 11) is 0. The van der Waals surface area contributed by atoms with Gasteiger partial charge in [-0.1, -0.05) is 64.7 Å². The van der Waals surface area contributed by atoms with Crippen molar-refractivity contribution in [2.75, 3.05) is 19.8 Å². The van der Waals surface area contributed by atoms with E-state index >= 15 is 0 Å². The first-order valence-electron chi connectivity index (χ1n) is 8.91. The molecule has 0 heterocycles. The maximum Gasteiger partial charge on any atom is 0.110 e. The van der Waals surface area contributed by atoms with Crippen molar-refractivity contribution in [3.8, 4) is 0 Å². The molecule has 142 valence electrons. The van der Waals surface area contributed by atoms with E-state index in [4.69, 9.17) is 30.6 Å². The van der Waals surface area contributed by atoms with Crippen LogP contribution in [0.4, 0.5) is 0 Å². The van der Waals surface area contributed by atoms with Gasteiger partial charge in [-0.15, -0.1) is 0 Å². The molecule has 0 fully saturated rings. The highest BCUT2D eigenvalue weighted by molar-refractivity contribution is 4.73. The Morgan fingerprint density at radius 3 is 1.22 bits per heavy atom. The number of hydrogen-bond donors (Lipinski definition) is 6. The van der Waals surface area contributed by atoms with Gasteiger partial charge in [-0.05, 0) is 6.42 Å². The largest absolute Gasteiger partial charge is 0.396 e. The first kappa shape index (κ1) is 25.0. The molecule has 6 nitrogen and oxygen atoms in total. The summed E-state index contributed by atoms with van der Waals surface area (Å²) in [5.41, 5.74) is 0. The fourth-order valence-corrected chi connectivity index (χ4v) is 2.07. The second-order valence-electron chi connectivity index (χ2n) is 5.90. The zero-order valence-electron chi connectivity index (χ0n) is 14.6. The van der Waals surface area contributed by atoms with E-state index in [1.165, 1.54) is 57.8 Å². The lowest BCUT2D eigenvalue weighted by atomic mass is 10.1. The van der Waals surface area contributed by atoms with Gasteiger partial charge in [0.25, 0.3) is 0 Å². The Bertz CT molecular complexity index is 195. The Labute approximate surface area is 140 Å². The van der Waals surface area contributed by atoms with Crippen molar-refractivity contribution in [2.24, 2.45) is 0 Å². The van der Waals surface area contributed by atoms with Gasteiger partial charge in [0, 0.05) is 6.61 Å². The first-order chi connectivity index (χ1) is 11.0. The topological polar surface area (TPSA) is 121 Å². The third-order valence-electron chi connectivity index (χ3n) is 3.67. The molecule has 0 aliphatic heterocycles. The standard InChI is InChI=1S/C12H26O.C5H12O5/c1-2-3-4-5-6-7-8-9-10-11-12-13;6-1-3(8)5(10)4(9)2-7/h13H,2-12H2,1H3;3-10H,1-2H2/t;3-,4+,5+. The average Bonchev–Trinajstić information content (AvgIpc) is 2.58. The summed E-state index contributed by atoms with van der Waals surface area (Å²) in [5, 5.41) is 51.1. The third kappa shape index (κ3) is 17.9. The molecule has 0 aliphatic carbocycles. The van der Waals surface area contributed by atoms with E-state index in [0.717, 1.165) is 6.42 Å². The minimum absolute atomic E-state index is 0.372. The maximum absolute atomic E-state index is 8.77. The van der Waals surface area contributed by atoms with Crippen LogP contribution >= 0.6 is 0 Å². The molecule has 3 atom stereocenters. The molecule has 6 heteroatoms. The van der Waals surface area contributed by atoms with E-state index in [-0.39, 0.29) is 0 Å². The molecule has 0 saturated carbocycles. The van der Waals surface area contributed by atoms with Crippen molar-refractivity contribution in [3.05, 3.63) is 0 Å². The molecule has 0 aromatic rings. The molecule has 6 N–H and O–H groups in total. The number of rotatable bonds is 14. The number of aliphatic hydroxyl groups is 6. The molecule has 0 saturated heterocycles. The summed E-state index contributed by atoms with van der Waals surface area (Å²) in [6.07, 6.45) is 9.01. The summed E-state index contributed by atoms with van der Waals surface area (Å²) >= 11 is 0. The predicted molar refractivity (Wildman–Crippen MR) is 91.1 cm³/mol. The van der Waals surface area contributed by atoms with Crippen molar-refractivity contribution in [1.82, 2.24) is 0 Å². The molecule has 0 amide bonds. The Hall–Kier alpha value is -0.240. The lowest BCUT2D eigenvalue weighted by Gasteiger charge is -2.19.